The maximum absolute atomic E-state index is 11.9. The van der Waals surface area contributed by atoms with Gasteiger partial charge in [0.15, 0.2) is 0 Å². The first-order valence-electron chi connectivity index (χ1n) is 8.59. The summed E-state index contributed by atoms with van der Waals surface area (Å²) in [6.45, 7) is 0. The first-order valence-corrected chi connectivity index (χ1v) is 8.59. The minimum absolute atomic E-state index is 0.0263. The Balaban J connectivity index is 1.95. The normalized spacial score (nSPS) is 14.9. The van der Waals surface area contributed by atoms with Crippen molar-refractivity contribution in [1.29, 1.82) is 0 Å². The molecule has 1 aliphatic carbocycles. The van der Waals surface area contributed by atoms with Gasteiger partial charge in [-0.3, -0.25) is 9.69 Å². The highest BCUT2D eigenvalue weighted by molar-refractivity contribution is 5.94. The van der Waals surface area contributed by atoms with Crippen molar-refractivity contribution in [3.05, 3.63) is 54.1 Å². The van der Waals surface area contributed by atoms with E-state index in [1.54, 1.807) is 18.2 Å². The zero-order valence-corrected chi connectivity index (χ0v) is 14.0. The third kappa shape index (κ3) is 3.82. The van der Waals surface area contributed by atoms with Crippen molar-refractivity contribution in [2.75, 3.05) is 4.90 Å². The summed E-state index contributed by atoms with van der Waals surface area (Å²) in [6, 6.07) is 14.5. The largest absolute Gasteiger partial charge is 0.465 e. The Bertz CT molecular complexity index is 782. The van der Waals surface area contributed by atoms with Gasteiger partial charge in [0.25, 0.3) is 0 Å². The molecule has 0 heterocycles. The Labute approximate surface area is 147 Å². The number of carbonyl (C=O) groups is 2. The summed E-state index contributed by atoms with van der Waals surface area (Å²) in [7, 11) is 0. The minimum atomic E-state index is -0.921. The second-order valence-electron chi connectivity index (χ2n) is 6.44. The van der Waals surface area contributed by atoms with Crippen molar-refractivity contribution in [2.45, 2.75) is 38.1 Å². The maximum atomic E-state index is 11.9. The molecule has 0 aromatic heterocycles. The van der Waals surface area contributed by atoms with E-state index in [2.05, 4.69) is 0 Å². The van der Waals surface area contributed by atoms with Crippen LogP contribution in [0.25, 0.3) is 11.1 Å². The Morgan fingerprint density at radius 1 is 0.960 bits per heavy atom. The Morgan fingerprint density at radius 2 is 1.60 bits per heavy atom. The molecule has 1 saturated carbocycles. The number of anilines is 1. The monoisotopic (exact) mass is 338 g/mol. The molecule has 0 aliphatic heterocycles. The fourth-order valence-electron chi connectivity index (χ4n) is 3.50. The van der Waals surface area contributed by atoms with Crippen LogP contribution in [-0.2, 0) is 0 Å². The van der Waals surface area contributed by atoms with E-state index < -0.39 is 12.0 Å². The lowest BCUT2D eigenvalue weighted by atomic mass is 9.93. The lowest BCUT2D eigenvalue weighted by Gasteiger charge is -2.32. The first kappa shape index (κ1) is 17.0. The number of amides is 2. The number of hydrogen-bond donors (Lipinski definition) is 2. The Hall–Kier alpha value is -2.82. The molecule has 0 bridgehead atoms. The van der Waals surface area contributed by atoms with Gasteiger partial charge in [0.05, 0.1) is 0 Å². The third-order valence-corrected chi connectivity index (χ3v) is 4.75. The summed E-state index contributed by atoms with van der Waals surface area (Å²) in [6.07, 6.45) is 4.17. The molecule has 3 rings (SSSR count). The molecule has 25 heavy (non-hydrogen) atoms. The topological polar surface area (TPSA) is 83.6 Å². The molecular formula is C20H22N2O3. The van der Waals surface area contributed by atoms with Gasteiger partial charge in [0.2, 0.25) is 5.91 Å². The van der Waals surface area contributed by atoms with Gasteiger partial charge < -0.3 is 10.8 Å². The van der Waals surface area contributed by atoms with E-state index in [1.165, 1.54) is 11.3 Å². The molecule has 1 fully saturated rings. The van der Waals surface area contributed by atoms with Gasteiger partial charge in [-0.2, -0.15) is 0 Å². The maximum Gasteiger partial charge on any atom is 0.412 e. The predicted molar refractivity (Wildman–Crippen MR) is 97.8 cm³/mol. The van der Waals surface area contributed by atoms with Crippen molar-refractivity contribution in [2.24, 2.45) is 5.73 Å². The van der Waals surface area contributed by atoms with Gasteiger partial charge in [0, 0.05) is 17.3 Å². The number of benzene rings is 2. The lowest BCUT2D eigenvalue weighted by Crippen LogP contribution is -2.40. The fourth-order valence-corrected chi connectivity index (χ4v) is 3.50. The van der Waals surface area contributed by atoms with Crippen molar-refractivity contribution in [1.82, 2.24) is 0 Å². The number of primary amides is 1. The molecule has 130 valence electrons. The molecule has 0 spiro atoms. The summed E-state index contributed by atoms with van der Waals surface area (Å²) in [5, 5.41) is 9.72. The van der Waals surface area contributed by atoms with E-state index in [0.29, 0.717) is 11.3 Å². The van der Waals surface area contributed by atoms with Gasteiger partial charge in [-0.15, -0.1) is 0 Å². The van der Waals surface area contributed by atoms with Gasteiger partial charge in [-0.1, -0.05) is 43.5 Å². The Morgan fingerprint density at radius 3 is 2.24 bits per heavy atom. The van der Waals surface area contributed by atoms with E-state index in [4.69, 9.17) is 5.73 Å². The molecule has 2 aromatic carbocycles. The van der Waals surface area contributed by atoms with E-state index in [0.717, 1.165) is 36.8 Å². The average molecular weight is 338 g/mol. The van der Waals surface area contributed by atoms with Crippen LogP contribution >= 0.6 is 0 Å². The zero-order chi connectivity index (χ0) is 17.8. The van der Waals surface area contributed by atoms with E-state index in [-0.39, 0.29) is 6.04 Å². The van der Waals surface area contributed by atoms with Crippen LogP contribution in [0.15, 0.2) is 48.5 Å². The number of carboxylic acid groups (broad SMARTS) is 1. The van der Waals surface area contributed by atoms with Gasteiger partial charge in [0.1, 0.15) is 0 Å². The van der Waals surface area contributed by atoms with Crippen molar-refractivity contribution in [3.8, 4) is 11.1 Å². The molecule has 3 N–H and O–H groups in total. The molecule has 0 atom stereocenters. The van der Waals surface area contributed by atoms with Crippen LogP contribution in [-0.4, -0.2) is 23.1 Å². The van der Waals surface area contributed by atoms with Gasteiger partial charge >= 0.3 is 6.09 Å². The molecule has 0 radical (unpaired) electrons. The van der Waals surface area contributed by atoms with E-state index in [9.17, 15) is 14.7 Å². The van der Waals surface area contributed by atoms with Crippen molar-refractivity contribution in [3.63, 3.8) is 0 Å². The highest BCUT2D eigenvalue weighted by Crippen LogP contribution is 2.30. The number of nitrogens with two attached hydrogens (primary N) is 1. The first-order chi connectivity index (χ1) is 12.1. The lowest BCUT2D eigenvalue weighted by molar-refractivity contribution is 0.1000. The number of rotatable bonds is 4. The van der Waals surface area contributed by atoms with E-state index in [1.807, 2.05) is 30.3 Å². The minimum Gasteiger partial charge on any atom is -0.465 e. The van der Waals surface area contributed by atoms with Crippen LogP contribution in [0, 0.1) is 0 Å². The summed E-state index contributed by atoms with van der Waals surface area (Å²) in [5.41, 5.74) is 8.16. The van der Waals surface area contributed by atoms with Gasteiger partial charge in [-0.25, -0.2) is 4.79 Å². The van der Waals surface area contributed by atoms with Crippen molar-refractivity contribution < 1.29 is 14.7 Å². The summed E-state index contributed by atoms with van der Waals surface area (Å²) >= 11 is 0. The number of hydrogen-bond acceptors (Lipinski definition) is 2. The second kappa shape index (κ2) is 7.38. The molecule has 5 heteroatoms. The molecule has 0 saturated heterocycles. The van der Waals surface area contributed by atoms with Crippen LogP contribution in [0.2, 0.25) is 0 Å². The van der Waals surface area contributed by atoms with Gasteiger partial charge in [-0.05, 0) is 48.2 Å². The smallest absolute Gasteiger partial charge is 0.412 e. The molecule has 1 aliphatic rings. The van der Waals surface area contributed by atoms with Crippen LogP contribution in [0.4, 0.5) is 10.5 Å². The molecular weight excluding hydrogens is 316 g/mol. The number of carbonyl (C=O) groups excluding carboxylic acids is 1. The fraction of sp³-hybridized carbons (Fsp3) is 0.300. The third-order valence-electron chi connectivity index (χ3n) is 4.75. The van der Waals surface area contributed by atoms with Crippen LogP contribution in [0.3, 0.4) is 0 Å². The van der Waals surface area contributed by atoms with E-state index >= 15 is 0 Å². The average Bonchev–Trinajstić information content (AvgIpc) is 2.63. The van der Waals surface area contributed by atoms with Crippen molar-refractivity contribution >= 4 is 17.7 Å². The summed E-state index contributed by atoms with van der Waals surface area (Å²) in [5.74, 6) is -0.479. The Kier molecular flexibility index (Phi) is 5.03. The summed E-state index contributed by atoms with van der Waals surface area (Å²) in [4.78, 5) is 24.7. The molecule has 0 unspecified atom stereocenters. The quantitative estimate of drug-likeness (QED) is 0.873. The SMILES string of the molecule is NC(=O)c1cccc(-c2cccc(N(C(=O)O)C3CCCCC3)c2)c1. The standard InChI is InChI=1S/C20H22N2O3/c21-19(23)16-8-4-6-14(12-16)15-7-5-11-18(13-15)22(20(24)25)17-9-2-1-3-10-17/h4-8,11-13,17H,1-3,9-10H2,(H2,21,23)(H,24,25). The molecule has 2 aromatic rings. The molecule has 5 nitrogen and oxygen atoms in total. The van der Waals surface area contributed by atoms with Crippen LogP contribution in [0.1, 0.15) is 42.5 Å². The zero-order valence-electron chi connectivity index (χ0n) is 14.0. The second-order valence-corrected chi connectivity index (χ2v) is 6.44. The number of nitrogens with zero attached hydrogens (tertiary/aromatic N) is 1. The summed E-state index contributed by atoms with van der Waals surface area (Å²) < 4.78 is 0. The van der Waals surface area contributed by atoms with Crippen LogP contribution < -0.4 is 10.6 Å². The predicted octanol–water partition coefficient (Wildman–Crippen LogP) is 4.27. The molecule has 2 amide bonds. The highest BCUT2D eigenvalue weighted by atomic mass is 16.4. The van der Waals surface area contributed by atoms with Crippen LogP contribution in [0.5, 0.6) is 0 Å². The highest BCUT2D eigenvalue weighted by Gasteiger charge is 2.26.